The van der Waals surface area contributed by atoms with Gasteiger partial charge in [0, 0.05) is 32.7 Å². The molecule has 1 atom stereocenters. The third-order valence-corrected chi connectivity index (χ3v) is 4.65. The number of urea groups is 1. The van der Waals surface area contributed by atoms with Crippen LogP contribution in [0.1, 0.15) is 24.8 Å². The van der Waals surface area contributed by atoms with Crippen LogP contribution in [-0.4, -0.2) is 61.5 Å². The highest BCUT2D eigenvalue weighted by Crippen LogP contribution is 2.17. The molecule has 1 aliphatic rings. The molecule has 2 amide bonds. The fourth-order valence-corrected chi connectivity index (χ4v) is 3.36. The number of nitrogens with zero attached hydrogens (tertiary/aromatic N) is 2. The molecule has 124 valence electrons. The average molecular weight is 331 g/mol. The summed E-state index contributed by atoms with van der Waals surface area (Å²) >= 11 is 1.65. The molecule has 1 saturated heterocycles. The van der Waals surface area contributed by atoms with Gasteiger partial charge in [-0.15, -0.1) is 0 Å². The molecule has 0 bridgehead atoms. The summed E-state index contributed by atoms with van der Waals surface area (Å²) in [5.74, 6) is 0.275. The average Bonchev–Trinajstić information content (AvgIpc) is 2.92. The number of amides is 2. The molecule has 0 spiro atoms. The molecule has 0 radical (unpaired) electrons. The third-order valence-electron chi connectivity index (χ3n) is 3.94. The molecule has 1 fully saturated rings. The lowest BCUT2D eigenvalue weighted by Crippen LogP contribution is -2.43. The van der Waals surface area contributed by atoms with Gasteiger partial charge in [0.05, 0.1) is 6.54 Å². The van der Waals surface area contributed by atoms with E-state index >= 15 is 0 Å². The zero-order valence-corrected chi connectivity index (χ0v) is 13.6. The number of thiophene rings is 1. The number of hydrogen-bond donors (Lipinski definition) is 1. The van der Waals surface area contributed by atoms with Gasteiger partial charge in [0.15, 0.2) is 0 Å². The molecule has 0 aromatic carbocycles. The van der Waals surface area contributed by atoms with Crippen molar-refractivity contribution < 1.29 is 13.6 Å². The van der Waals surface area contributed by atoms with Crippen molar-refractivity contribution in [2.24, 2.45) is 0 Å². The highest BCUT2D eigenvalue weighted by Gasteiger charge is 2.21. The Bertz CT molecular complexity index is 456. The first kappa shape index (κ1) is 17.1. The minimum absolute atomic E-state index is 0.0963. The zero-order chi connectivity index (χ0) is 15.9. The number of halogens is 2. The van der Waals surface area contributed by atoms with Gasteiger partial charge in [0.25, 0.3) is 6.43 Å². The molecule has 1 aromatic heterocycles. The Morgan fingerprint density at radius 3 is 2.86 bits per heavy atom. The second kappa shape index (κ2) is 8.43. The first-order chi connectivity index (χ1) is 10.6. The molecule has 22 heavy (non-hydrogen) atoms. The predicted octanol–water partition coefficient (Wildman–Crippen LogP) is 2.83. The van der Waals surface area contributed by atoms with Gasteiger partial charge >= 0.3 is 6.03 Å². The predicted molar refractivity (Wildman–Crippen MR) is 84.8 cm³/mol. The standard InChI is InChI=1S/C15H23F2N3OS/c1-12(13-3-8-22-11-13)9-18-15(21)20-5-2-4-19(6-7-20)10-14(16)17/h3,8,11-12,14H,2,4-7,9-10H2,1H3,(H,18,21)/t12-/m1/s1. The van der Waals surface area contributed by atoms with Crippen molar-refractivity contribution >= 4 is 17.4 Å². The fourth-order valence-electron chi connectivity index (χ4n) is 2.58. The Hall–Kier alpha value is -1.21. The van der Waals surface area contributed by atoms with Crippen LogP contribution in [0.25, 0.3) is 0 Å². The quantitative estimate of drug-likeness (QED) is 0.900. The minimum atomic E-state index is -2.31. The summed E-state index contributed by atoms with van der Waals surface area (Å²) < 4.78 is 24.8. The normalized spacial score (nSPS) is 18.3. The molecule has 1 aliphatic heterocycles. The summed E-state index contributed by atoms with van der Waals surface area (Å²) in [5, 5.41) is 7.06. The number of alkyl halides is 2. The van der Waals surface area contributed by atoms with Crippen molar-refractivity contribution in [3.63, 3.8) is 0 Å². The highest BCUT2D eigenvalue weighted by atomic mass is 32.1. The largest absolute Gasteiger partial charge is 0.337 e. The van der Waals surface area contributed by atoms with E-state index < -0.39 is 6.43 Å². The van der Waals surface area contributed by atoms with Gasteiger partial charge in [-0.25, -0.2) is 13.6 Å². The highest BCUT2D eigenvalue weighted by molar-refractivity contribution is 7.07. The smallest absolute Gasteiger partial charge is 0.317 e. The Kier molecular flexibility index (Phi) is 6.57. The van der Waals surface area contributed by atoms with E-state index in [4.69, 9.17) is 0 Å². The molecule has 0 aliphatic carbocycles. The lowest BCUT2D eigenvalue weighted by atomic mass is 10.1. The van der Waals surface area contributed by atoms with Gasteiger partial charge in [-0.05, 0) is 34.7 Å². The van der Waals surface area contributed by atoms with Crippen LogP contribution in [0, 0.1) is 0 Å². The molecular weight excluding hydrogens is 308 g/mol. The topological polar surface area (TPSA) is 35.6 Å². The number of carbonyl (C=O) groups is 1. The van der Waals surface area contributed by atoms with E-state index in [0.29, 0.717) is 32.7 Å². The molecular formula is C15H23F2N3OS. The van der Waals surface area contributed by atoms with E-state index in [2.05, 4.69) is 23.7 Å². The Labute approximate surface area is 134 Å². The monoisotopic (exact) mass is 331 g/mol. The van der Waals surface area contributed by atoms with Crippen LogP contribution in [0.3, 0.4) is 0 Å². The summed E-state index contributed by atoms with van der Waals surface area (Å²) in [7, 11) is 0. The van der Waals surface area contributed by atoms with Crippen LogP contribution in [0.5, 0.6) is 0 Å². The van der Waals surface area contributed by atoms with Crippen LogP contribution in [0.15, 0.2) is 16.8 Å². The molecule has 4 nitrogen and oxygen atoms in total. The first-order valence-electron chi connectivity index (χ1n) is 7.61. The first-order valence-corrected chi connectivity index (χ1v) is 8.56. The lowest BCUT2D eigenvalue weighted by Gasteiger charge is -2.23. The molecule has 1 N–H and O–H groups in total. The van der Waals surface area contributed by atoms with Gasteiger partial charge in [-0.2, -0.15) is 11.3 Å². The molecule has 0 unspecified atom stereocenters. The van der Waals surface area contributed by atoms with Crippen LogP contribution in [-0.2, 0) is 0 Å². The molecule has 2 rings (SSSR count). The van der Waals surface area contributed by atoms with E-state index in [0.717, 1.165) is 6.42 Å². The SMILES string of the molecule is C[C@H](CNC(=O)N1CCCN(CC(F)F)CC1)c1ccsc1. The van der Waals surface area contributed by atoms with Crippen molar-refractivity contribution in [3.8, 4) is 0 Å². The molecule has 1 aromatic rings. The summed E-state index contributed by atoms with van der Waals surface area (Å²) in [6.45, 7) is 4.73. The number of rotatable bonds is 5. The number of nitrogens with one attached hydrogen (secondary N) is 1. The minimum Gasteiger partial charge on any atom is -0.337 e. The Morgan fingerprint density at radius 2 is 2.18 bits per heavy atom. The Balaban J connectivity index is 1.75. The van der Waals surface area contributed by atoms with Crippen molar-refractivity contribution in [3.05, 3.63) is 22.4 Å². The lowest BCUT2D eigenvalue weighted by molar-refractivity contribution is 0.0904. The van der Waals surface area contributed by atoms with Crippen LogP contribution in [0.4, 0.5) is 13.6 Å². The van der Waals surface area contributed by atoms with Gasteiger partial charge in [0.2, 0.25) is 0 Å². The van der Waals surface area contributed by atoms with Crippen molar-refractivity contribution in [1.82, 2.24) is 15.1 Å². The van der Waals surface area contributed by atoms with E-state index in [1.807, 2.05) is 5.38 Å². The van der Waals surface area contributed by atoms with Crippen LogP contribution >= 0.6 is 11.3 Å². The maximum Gasteiger partial charge on any atom is 0.317 e. The van der Waals surface area contributed by atoms with Crippen LogP contribution in [0.2, 0.25) is 0 Å². The number of hydrogen-bond acceptors (Lipinski definition) is 3. The second-order valence-corrected chi connectivity index (χ2v) is 6.46. The fraction of sp³-hybridized carbons (Fsp3) is 0.667. The van der Waals surface area contributed by atoms with Crippen molar-refractivity contribution in [2.75, 3.05) is 39.3 Å². The zero-order valence-electron chi connectivity index (χ0n) is 12.8. The van der Waals surface area contributed by atoms with Gasteiger partial charge in [-0.1, -0.05) is 6.92 Å². The number of carbonyl (C=O) groups excluding carboxylic acids is 1. The van der Waals surface area contributed by atoms with Crippen molar-refractivity contribution in [1.29, 1.82) is 0 Å². The van der Waals surface area contributed by atoms with Crippen LogP contribution < -0.4 is 5.32 Å². The molecule has 7 heteroatoms. The summed E-state index contributed by atoms with van der Waals surface area (Å²) in [6.07, 6.45) is -1.58. The second-order valence-electron chi connectivity index (χ2n) is 5.68. The maximum atomic E-state index is 12.4. The van der Waals surface area contributed by atoms with Crippen molar-refractivity contribution in [2.45, 2.75) is 25.7 Å². The molecule has 2 heterocycles. The van der Waals surface area contributed by atoms with Gasteiger partial charge in [0.1, 0.15) is 0 Å². The third kappa shape index (κ3) is 5.21. The van der Waals surface area contributed by atoms with E-state index in [9.17, 15) is 13.6 Å². The van der Waals surface area contributed by atoms with E-state index in [-0.39, 0.29) is 18.5 Å². The molecule has 0 saturated carbocycles. The van der Waals surface area contributed by atoms with Gasteiger partial charge in [-0.3, -0.25) is 4.90 Å². The summed E-state index contributed by atoms with van der Waals surface area (Å²) in [6, 6.07) is 1.97. The summed E-state index contributed by atoms with van der Waals surface area (Å²) in [4.78, 5) is 15.7. The maximum absolute atomic E-state index is 12.4. The van der Waals surface area contributed by atoms with E-state index in [1.165, 1.54) is 5.56 Å². The Morgan fingerprint density at radius 1 is 1.36 bits per heavy atom. The van der Waals surface area contributed by atoms with E-state index in [1.54, 1.807) is 21.1 Å². The van der Waals surface area contributed by atoms with Gasteiger partial charge < -0.3 is 10.2 Å². The summed E-state index contributed by atoms with van der Waals surface area (Å²) in [5.41, 5.74) is 1.23.